The standard InChI is InChI=1S/C19H17ClN2O/c1-12-8-13(2)18(14(3)9-12)22-19(23)16(11-21)10-15-4-6-17(20)7-5-15/h4-10H,1-3H3,(H,22,23)/b16-10+. The van der Waals surface area contributed by atoms with Gasteiger partial charge < -0.3 is 5.32 Å². The SMILES string of the molecule is Cc1cc(C)c(NC(=O)/C(C#N)=C/c2ccc(Cl)cc2)c(C)c1. The summed E-state index contributed by atoms with van der Waals surface area (Å²) in [6.45, 7) is 5.88. The molecule has 23 heavy (non-hydrogen) atoms. The van der Waals surface area contributed by atoms with Crippen molar-refractivity contribution < 1.29 is 4.79 Å². The van der Waals surface area contributed by atoms with Crippen molar-refractivity contribution in [2.24, 2.45) is 0 Å². The van der Waals surface area contributed by atoms with E-state index in [-0.39, 0.29) is 5.57 Å². The number of aryl methyl sites for hydroxylation is 3. The van der Waals surface area contributed by atoms with E-state index in [1.54, 1.807) is 30.3 Å². The maximum absolute atomic E-state index is 12.4. The molecular formula is C19H17ClN2O. The molecular weight excluding hydrogens is 308 g/mol. The Morgan fingerprint density at radius 3 is 2.22 bits per heavy atom. The van der Waals surface area contributed by atoms with Crippen molar-refractivity contribution in [1.82, 2.24) is 0 Å². The Morgan fingerprint density at radius 1 is 1.13 bits per heavy atom. The number of carbonyl (C=O) groups is 1. The van der Waals surface area contributed by atoms with Crippen molar-refractivity contribution in [1.29, 1.82) is 5.26 Å². The van der Waals surface area contributed by atoms with Gasteiger partial charge in [-0.2, -0.15) is 5.26 Å². The van der Waals surface area contributed by atoms with Gasteiger partial charge in [0.05, 0.1) is 0 Å². The van der Waals surface area contributed by atoms with Gasteiger partial charge in [-0.25, -0.2) is 0 Å². The third-order valence-corrected chi connectivity index (χ3v) is 3.71. The highest BCUT2D eigenvalue weighted by atomic mass is 35.5. The molecule has 0 bridgehead atoms. The van der Waals surface area contributed by atoms with Crippen LogP contribution in [0.5, 0.6) is 0 Å². The van der Waals surface area contributed by atoms with Crippen LogP contribution in [0.1, 0.15) is 22.3 Å². The van der Waals surface area contributed by atoms with Crippen LogP contribution in [0.15, 0.2) is 42.0 Å². The molecule has 2 rings (SSSR count). The van der Waals surface area contributed by atoms with Crippen molar-refractivity contribution in [2.75, 3.05) is 5.32 Å². The first-order valence-electron chi connectivity index (χ1n) is 7.17. The van der Waals surface area contributed by atoms with Crippen LogP contribution < -0.4 is 5.32 Å². The molecule has 0 saturated carbocycles. The summed E-state index contributed by atoms with van der Waals surface area (Å²) in [4.78, 5) is 12.4. The van der Waals surface area contributed by atoms with Crippen LogP contribution >= 0.6 is 11.6 Å². The summed E-state index contributed by atoms with van der Waals surface area (Å²) in [5, 5.41) is 12.7. The molecule has 0 aromatic heterocycles. The Morgan fingerprint density at radius 2 is 1.70 bits per heavy atom. The first-order valence-corrected chi connectivity index (χ1v) is 7.55. The zero-order valence-electron chi connectivity index (χ0n) is 13.3. The van der Waals surface area contributed by atoms with Crippen molar-refractivity contribution in [3.63, 3.8) is 0 Å². The molecule has 2 aromatic rings. The number of hydrogen-bond acceptors (Lipinski definition) is 2. The summed E-state index contributed by atoms with van der Waals surface area (Å²) in [6.07, 6.45) is 1.55. The molecule has 2 aromatic carbocycles. The summed E-state index contributed by atoms with van der Waals surface area (Å²) in [7, 11) is 0. The minimum atomic E-state index is -0.419. The summed E-state index contributed by atoms with van der Waals surface area (Å²) in [6, 6.07) is 12.9. The minimum absolute atomic E-state index is 0.0479. The van der Waals surface area contributed by atoms with E-state index in [0.717, 1.165) is 27.9 Å². The number of nitrogens with zero attached hydrogens (tertiary/aromatic N) is 1. The van der Waals surface area contributed by atoms with Crippen LogP contribution in [-0.2, 0) is 4.79 Å². The van der Waals surface area contributed by atoms with E-state index in [1.807, 2.05) is 39.0 Å². The lowest BCUT2D eigenvalue weighted by molar-refractivity contribution is -0.112. The van der Waals surface area contributed by atoms with Crippen molar-refractivity contribution >= 4 is 29.3 Å². The summed E-state index contributed by atoms with van der Waals surface area (Å²) >= 11 is 5.83. The zero-order valence-corrected chi connectivity index (χ0v) is 14.0. The predicted molar refractivity (Wildman–Crippen MR) is 94.3 cm³/mol. The minimum Gasteiger partial charge on any atom is -0.321 e. The fourth-order valence-electron chi connectivity index (χ4n) is 2.43. The zero-order chi connectivity index (χ0) is 17.0. The van der Waals surface area contributed by atoms with Crippen molar-refractivity contribution in [3.05, 3.63) is 69.2 Å². The Labute approximate surface area is 141 Å². The Hall–Kier alpha value is -2.57. The highest BCUT2D eigenvalue weighted by Gasteiger charge is 2.12. The van der Waals surface area contributed by atoms with Crippen molar-refractivity contribution in [3.8, 4) is 6.07 Å². The van der Waals surface area contributed by atoms with Gasteiger partial charge in [0.2, 0.25) is 0 Å². The second-order valence-electron chi connectivity index (χ2n) is 5.45. The average molecular weight is 325 g/mol. The van der Waals surface area contributed by atoms with E-state index in [0.29, 0.717) is 5.02 Å². The second kappa shape index (κ2) is 7.13. The molecule has 0 heterocycles. The summed E-state index contributed by atoms with van der Waals surface area (Å²) < 4.78 is 0. The first kappa shape index (κ1) is 16.8. The Balaban J connectivity index is 2.28. The molecule has 116 valence electrons. The Kier molecular flexibility index (Phi) is 5.20. The molecule has 0 atom stereocenters. The number of hydrogen-bond donors (Lipinski definition) is 1. The van der Waals surface area contributed by atoms with Gasteiger partial charge in [-0.1, -0.05) is 41.4 Å². The number of anilines is 1. The topological polar surface area (TPSA) is 52.9 Å². The monoisotopic (exact) mass is 324 g/mol. The normalized spacial score (nSPS) is 11.0. The maximum atomic E-state index is 12.4. The van der Waals surface area contributed by atoms with E-state index >= 15 is 0 Å². The van der Waals surface area contributed by atoms with Gasteiger partial charge in [0, 0.05) is 10.7 Å². The predicted octanol–water partition coefficient (Wildman–Crippen LogP) is 4.81. The van der Waals surface area contributed by atoms with Crippen LogP contribution in [0, 0.1) is 32.1 Å². The van der Waals surface area contributed by atoms with Crippen LogP contribution in [0.2, 0.25) is 5.02 Å². The maximum Gasteiger partial charge on any atom is 0.266 e. The number of benzene rings is 2. The van der Waals surface area contributed by atoms with Crippen LogP contribution in [0.4, 0.5) is 5.69 Å². The van der Waals surface area contributed by atoms with E-state index in [2.05, 4.69) is 5.32 Å². The highest BCUT2D eigenvalue weighted by molar-refractivity contribution is 6.30. The molecule has 1 amide bonds. The van der Waals surface area contributed by atoms with Crippen LogP contribution in [0.3, 0.4) is 0 Å². The molecule has 0 aliphatic carbocycles. The van der Waals surface area contributed by atoms with Gasteiger partial charge in [0.25, 0.3) is 5.91 Å². The molecule has 0 saturated heterocycles. The average Bonchev–Trinajstić information content (AvgIpc) is 2.50. The molecule has 0 radical (unpaired) electrons. The van der Waals surface area contributed by atoms with Crippen LogP contribution in [-0.4, -0.2) is 5.91 Å². The number of nitrogens with one attached hydrogen (secondary N) is 1. The van der Waals surface area contributed by atoms with E-state index in [9.17, 15) is 10.1 Å². The first-order chi connectivity index (χ1) is 10.9. The third-order valence-electron chi connectivity index (χ3n) is 3.46. The van der Waals surface area contributed by atoms with Crippen LogP contribution in [0.25, 0.3) is 6.08 Å². The molecule has 0 spiro atoms. The summed E-state index contributed by atoms with van der Waals surface area (Å²) in [5.41, 5.74) is 4.62. The summed E-state index contributed by atoms with van der Waals surface area (Å²) in [5.74, 6) is -0.419. The van der Waals surface area contributed by atoms with Gasteiger partial charge in [-0.15, -0.1) is 0 Å². The fraction of sp³-hybridized carbons (Fsp3) is 0.158. The van der Waals surface area contributed by atoms with E-state index < -0.39 is 5.91 Å². The van der Waals surface area contributed by atoms with Gasteiger partial charge >= 0.3 is 0 Å². The fourth-order valence-corrected chi connectivity index (χ4v) is 2.56. The van der Waals surface area contributed by atoms with E-state index in [1.165, 1.54) is 0 Å². The smallest absolute Gasteiger partial charge is 0.266 e. The number of carbonyl (C=O) groups excluding carboxylic acids is 1. The number of amides is 1. The molecule has 0 aliphatic rings. The van der Waals surface area contributed by atoms with Gasteiger partial charge in [-0.3, -0.25) is 4.79 Å². The highest BCUT2D eigenvalue weighted by Crippen LogP contribution is 2.23. The van der Waals surface area contributed by atoms with Gasteiger partial charge in [-0.05, 0) is 55.7 Å². The van der Waals surface area contributed by atoms with Gasteiger partial charge in [0.15, 0.2) is 0 Å². The molecule has 1 N–H and O–H groups in total. The molecule has 0 unspecified atom stereocenters. The quantitative estimate of drug-likeness (QED) is 0.650. The lowest BCUT2D eigenvalue weighted by Crippen LogP contribution is -2.15. The lowest BCUT2D eigenvalue weighted by atomic mass is 10.0. The number of rotatable bonds is 3. The second-order valence-corrected chi connectivity index (χ2v) is 5.89. The molecule has 3 nitrogen and oxygen atoms in total. The number of nitriles is 1. The molecule has 0 fully saturated rings. The third kappa shape index (κ3) is 4.21. The van der Waals surface area contributed by atoms with Gasteiger partial charge in [0.1, 0.15) is 11.6 Å². The molecule has 0 aliphatic heterocycles. The van der Waals surface area contributed by atoms with E-state index in [4.69, 9.17) is 11.6 Å². The Bertz CT molecular complexity index is 791. The number of halogens is 1. The lowest BCUT2D eigenvalue weighted by Gasteiger charge is -2.12. The molecule has 4 heteroatoms. The van der Waals surface area contributed by atoms with Crippen molar-refractivity contribution in [2.45, 2.75) is 20.8 Å². The largest absolute Gasteiger partial charge is 0.321 e.